The third-order valence-corrected chi connectivity index (χ3v) is 18.4. The molecule has 3 unspecified atom stereocenters. The summed E-state index contributed by atoms with van der Waals surface area (Å²) in [4.78, 5) is 23.5. The fraction of sp³-hybridized carbons (Fsp3) is 0.771. The number of carbonyl (C=O) groups excluding carboxylic acids is 1. The number of hydrogen-bond donors (Lipinski definition) is 3. The minimum Gasteiger partial charge on any atom is -0.387 e. The molecule has 0 saturated carbocycles. The van der Waals surface area contributed by atoms with Crippen LogP contribution in [0.25, 0.3) is 0 Å². The molecule has 534 valence electrons. The van der Waals surface area contributed by atoms with E-state index in [1.807, 2.05) is 27.2 Å². The monoisotopic (exact) mass is 1300 g/mol. The molecule has 0 aliphatic carbocycles. The lowest BCUT2D eigenvalue weighted by molar-refractivity contribution is -0.870. The van der Waals surface area contributed by atoms with E-state index in [9.17, 15) is 19.4 Å². The maximum atomic E-state index is 13.1. The van der Waals surface area contributed by atoms with E-state index < -0.39 is 20.0 Å². The van der Waals surface area contributed by atoms with Gasteiger partial charge in [-0.3, -0.25) is 13.8 Å². The van der Waals surface area contributed by atoms with Gasteiger partial charge >= 0.3 is 7.82 Å². The van der Waals surface area contributed by atoms with Crippen molar-refractivity contribution in [3.8, 4) is 0 Å². The van der Waals surface area contributed by atoms with Crippen molar-refractivity contribution in [1.82, 2.24) is 5.32 Å². The maximum absolute atomic E-state index is 13.1. The van der Waals surface area contributed by atoms with Gasteiger partial charge in [0.2, 0.25) is 5.91 Å². The molecule has 0 spiro atoms. The van der Waals surface area contributed by atoms with E-state index in [2.05, 4.69) is 116 Å². The molecule has 0 aliphatic rings. The van der Waals surface area contributed by atoms with Crippen LogP contribution >= 0.6 is 7.82 Å². The Balaban J connectivity index is 4.04. The second-order valence-electron chi connectivity index (χ2n) is 27.7. The van der Waals surface area contributed by atoms with Crippen molar-refractivity contribution in [3.05, 3.63) is 109 Å². The van der Waals surface area contributed by atoms with Gasteiger partial charge in [0, 0.05) is 6.42 Å². The quantitative estimate of drug-likeness (QED) is 0.0243. The van der Waals surface area contributed by atoms with Crippen LogP contribution in [-0.2, 0) is 18.4 Å². The van der Waals surface area contributed by atoms with E-state index in [0.717, 1.165) is 83.5 Å². The standard InChI is InChI=1S/C83H151N2O6P/c1-6-8-10-12-14-16-18-20-22-24-26-28-30-32-34-36-38-39-40-41-42-43-44-45-47-49-51-53-55-57-59-61-63-65-67-69-71-73-75-77-83(87)84-81(80-91-92(88,89)90-79-78-85(3,4)5)82(86)76-74-72-70-68-66-64-62-60-58-56-54-52-50-48-46-37-35-33-31-29-27-25-23-21-19-17-15-13-11-9-7-2/h8,10,14,16,20,22,26,28,32,34,38-39,58,60,66,68,74,76,81-82,86H,6-7,9,11-13,15,17-19,21,23-25,27,29-31,33,35-37,40-57,59,61-65,67,69-73,75,77-80H2,1-5H3,(H-,84,87,88,89)/p+1/b10-8-,16-14-,22-20-,28-26-,34-32-,39-38-,60-58+,68-66+,76-74+. The zero-order valence-corrected chi connectivity index (χ0v) is 62.2. The first kappa shape index (κ1) is 89.2. The zero-order valence-electron chi connectivity index (χ0n) is 61.3. The van der Waals surface area contributed by atoms with Gasteiger partial charge in [0.15, 0.2) is 0 Å². The molecule has 92 heavy (non-hydrogen) atoms. The number of nitrogens with zero attached hydrogens (tertiary/aromatic N) is 1. The molecule has 0 heterocycles. The first-order valence-electron chi connectivity index (χ1n) is 39.3. The molecule has 0 aromatic carbocycles. The topological polar surface area (TPSA) is 105 Å². The number of quaternary nitrogens is 1. The fourth-order valence-corrected chi connectivity index (χ4v) is 12.2. The van der Waals surface area contributed by atoms with Crippen LogP contribution in [0.1, 0.15) is 361 Å². The van der Waals surface area contributed by atoms with Gasteiger partial charge in [-0.1, -0.05) is 367 Å². The summed E-state index contributed by atoms with van der Waals surface area (Å²) in [6.07, 6.45) is 107. The predicted octanol–water partition coefficient (Wildman–Crippen LogP) is 25.8. The highest BCUT2D eigenvalue weighted by Gasteiger charge is 2.28. The molecule has 0 rings (SSSR count). The van der Waals surface area contributed by atoms with E-state index in [1.165, 1.54) is 257 Å². The van der Waals surface area contributed by atoms with Gasteiger partial charge in [-0.15, -0.1) is 0 Å². The largest absolute Gasteiger partial charge is 0.472 e. The first-order valence-corrected chi connectivity index (χ1v) is 40.8. The Kier molecular flexibility index (Phi) is 70.2. The Labute approximate surface area is 572 Å². The van der Waals surface area contributed by atoms with Gasteiger partial charge in [-0.2, -0.15) is 0 Å². The summed E-state index contributed by atoms with van der Waals surface area (Å²) in [5.41, 5.74) is 0. The molecule has 0 aromatic rings. The van der Waals surface area contributed by atoms with Crippen molar-refractivity contribution >= 4 is 13.7 Å². The van der Waals surface area contributed by atoms with Crippen LogP contribution in [0.15, 0.2) is 109 Å². The number of hydrogen-bond acceptors (Lipinski definition) is 5. The van der Waals surface area contributed by atoms with Crippen LogP contribution in [0.2, 0.25) is 0 Å². The number of amides is 1. The molecule has 9 heteroatoms. The van der Waals surface area contributed by atoms with Crippen molar-refractivity contribution in [2.45, 2.75) is 373 Å². The Hall–Kier alpha value is -2.84. The lowest BCUT2D eigenvalue weighted by Gasteiger charge is -2.25. The fourth-order valence-electron chi connectivity index (χ4n) is 11.4. The summed E-state index contributed by atoms with van der Waals surface area (Å²) in [5, 5.41) is 14.0. The van der Waals surface area contributed by atoms with Gasteiger partial charge < -0.3 is 19.8 Å². The molecular formula is C83H152N2O6P+. The van der Waals surface area contributed by atoms with Crippen molar-refractivity contribution in [1.29, 1.82) is 0 Å². The summed E-state index contributed by atoms with van der Waals surface area (Å²) in [7, 11) is 1.55. The summed E-state index contributed by atoms with van der Waals surface area (Å²) in [6.45, 7) is 4.71. The Bertz CT molecular complexity index is 1870. The third-order valence-electron chi connectivity index (χ3n) is 17.5. The van der Waals surface area contributed by atoms with Crippen LogP contribution in [0, 0.1) is 0 Å². The lowest BCUT2D eigenvalue weighted by Crippen LogP contribution is -2.45. The van der Waals surface area contributed by atoms with Crippen LogP contribution < -0.4 is 5.32 Å². The summed E-state index contributed by atoms with van der Waals surface area (Å²) in [5.74, 6) is -0.188. The van der Waals surface area contributed by atoms with Crippen molar-refractivity contribution in [2.75, 3.05) is 40.9 Å². The number of aliphatic hydroxyl groups excluding tert-OH is 1. The second kappa shape index (κ2) is 72.4. The molecule has 3 atom stereocenters. The highest BCUT2D eigenvalue weighted by atomic mass is 31.2. The molecule has 0 fully saturated rings. The van der Waals surface area contributed by atoms with Gasteiger partial charge in [-0.25, -0.2) is 4.57 Å². The smallest absolute Gasteiger partial charge is 0.387 e. The minimum absolute atomic E-state index is 0.0514. The Morgan fingerprint density at radius 2 is 0.663 bits per heavy atom. The Morgan fingerprint density at radius 3 is 1.00 bits per heavy atom. The zero-order chi connectivity index (χ0) is 66.9. The minimum atomic E-state index is -4.37. The van der Waals surface area contributed by atoms with E-state index in [1.54, 1.807) is 6.08 Å². The van der Waals surface area contributed by atoms with Crippen molar-refractivity contribution < 1.29 is 32.9 Å². The van der Waals surface area contributed by atoms with Gasteiger partial charge in [0.05, 0.1) is 39.9 Å². The second-order valence-corrected chi connectivity index (χ2v) is 29.1. The Morgan fingerprint density at radius 1 is 0.380 bits per heavy atom. The van der Waals surface area contributed by atoms with Crippen LogP contribution in [0.3, 0.4) is 0 Å². The summed E-state index contributed by atoms with van der Waals surface area (Å²) >= 11 is 0. The molecule has 3 N–H and O–H groups in total. The van der Waals surface area contributed by atoms with E-state index in [0.29, 0.717) is 17.4 Å². The summed E-state index contributed by atoms with van der Waals surface area (Å²) < 4.78 is 23.8. The van der Waals surface area contributed by atoms with Crippen LogP contribution in [-0.4, -0.2) is 73.4 Å². The third kappa shape index (κ3) is 74.6. The number of phosphoric acid groups is 1. The number of aliphatic hydroxyl groups is 1. The number of rotatable bonds is 72. The average molecular weight is 1310 g/mol. The number of carbonyl (C=O) groups is 1. The van der Waals surface area contributed by atoms with Gasteiger partial charge in [-0.05, 0) is 96.3 Å². The van der Waals surface area contributed by atoms with E-state index in [4.69, 9.17) is 9.05 Å². The molecule has 0 radical (unpaired) electrons. The predicted molar refractivity (Wildman–Crippen MR) is 405 cm³/mol. The SMILES string of the molecule is CC/C=C\C/C=C\C/C=C\C/C=C\C/C=C\C/C=C\CCCCCCCCCCCCCCCCCCCCCCC(=O)NC(COP(=O)(O)OCC[N+](C)(C)C)C(O)/C=C/CC/C=C/CC/C=C/CCCCCCCCCCCCCCCCCCCCCCC. The molecule has 0 saturated heterocycles. The van der Waals surface area contributed by atoms with Gasteiger partial charge in [0.25, 0.3) is 0 Å². The average Bonchev–Trinajstić information content (AvgIpc) is 2.63. The lowest BCUT2D eigenvalue weighted by atomic mass is 10.0. The van der Waals surface area contributed by atoms with Crippen molar-refractivity contribution in [2.24, 2.45) is 0 Å². The highest BCUT2D eigenvalue weighted by molar-refractivity contribution is 7.47. The highest BCUT2D eigenvalue weighted by Crippen LogP contribution is 2.43. The number of phosphoric ester groups is 1. The van der Waals surface area contributed by atoms with Crippen molar-refractivity contribution in [3.63, 3.8) is 0 Å². The molecule has 0 aliphatic heterocycles. The molecule has 0 aromatic heterocycles. The number of unbranched alkanes of at least 4 members (excludes halogenated alkanes) is 43. The molecule has 0 bridgehead atoms. The number of likely N-dealkylation sites (N-methyl/N-ethyl adjacent to an activating group) is 1. The number of allylic oxidation sites excluding steroid dienone is 17. The van der Waals surface area contributed by atoms with Gasteiger partial charge in [0.1, 0.15) is 13.2 Å². The molecule has 8 nitrogen and oxygen atoms in total. The van der Waals surface area contributed by atoms with E-state index in [-0.39, 0.29) is 19.1 Å². The van der Waals surface area contributed by atoms with Crippen LogP contribution in [0.4, 0.5) is 0 Å². The summed E-state index contributed by atoms with van der Waals surface area (Å²) in [6, 6.07) is -0.876. The van der Waals surface area contributed by atoms with Crippen LogP contribution in [0.5, 0.6) is 0 Å². The molecule has 1 amide bonds. The normalized spacial score (nSPS) is 14.1. The first-order chi connectivity index (χ1) is 45.0. The number of nitrogens with one attached hydrogen (secondary N) is 1. The molecular weight excluding hydrogens is 1150 g/mol. The maximum Gasteiger partial charge on any atom is 0.472 e. The van der Waals surface area contributed by atoms with E-state index >= 15 is 0 Å².